The second kappa shape index (κ2) is 5.88. The minimum absolute atomic E-state index is 0.179. The Morgan fingerprint density at radius 3 is 2.81 bits per heavy atom. The number of aromatic carboxylic acids is 1. The molecule has 0 aromatic carbocycles. The van der Waals surface area contributed by atoms with Crippen LogP contribution in [0.1, 0.15) is 23.8 Å². The summed E-state index contributed by atoms with van der Waals surface area (Å²) in [5, 5.41) is 8.91. The van der Waals surface area contributed by atoms with Gasteiger partial charge in [0.05, 0.1) is 13.0 Å². The molecule has 16 heavy (non-hydrogen) atoms. The Bertz CT molecular complexity index is 400. The van der Waals surface area contributed by atoms with Crippen LogP contribution in [0.5, 0.6) is 0 Å². The van der Waals surface area contributed by atoms with Gasteiger partial charge < -0.3 is 14.4 Å². The highest BCUT2D eigenvalue weighted by molar-refractivity contribution is 14.1. The standard InChI is InChI=1S/C10H12INO4/c1-2-16-9(13)3-4-12-6-7(11)5-8(12)10(14)15/h5-6H,2-4H2,1H3,(H,14,15). The molecule has 0 saturated heterocycles. The number of aromatic nitrogens is 1. The van der Waals surface area contributed by atoms with Gasteiger partial charge in [0.1, 0.15) is 5.69 Å². The van der Waals surface area contributed by atoms with E-state index < -0.39 is 5.97 Å². The van der Waals surface area contributed by atoms with Crippen LogP contribution >= 0.6 is 22.6 Å². The summed E-state index contributed by atoms with van der Waals surface area (Å²) in [4.78, 5) is 22.0. The van der Waals surface area contributed by atoms with Crippen molar-refractivity contribution >= 4 is 34.5 Å². The highest BCUT2D eigenvalue weighted by Crippen LogP contribution is 2.12. The number of hydrogen-bond acceptors (Lipinski definition) is 3. The molecule has 6 heteroatoms. The van der Waals surface area contributed by atoms with Gasteiger partial charge in [0.25, 0.3) is 0 Å². The lowest BCUT2D eigenvalue weighted by Crippen LogP contribution is -2.12. The van der Waals surface area contributed by atoms with Crippen molar-refractivity contribution in [1.29, 1.82) is 0 Å². The summed E-state index contributed by atoms with van der Waals surface area (Å²) in [7, 11) is 0. The normalized spacial score (nSPS) is 10.1. The number of ether oxygens (including phenoxy) is 1. The molecule has 0 unspecified atom stereocenters. The lowest BCUT2D eigenvalue weighted by Gasteiger charge is -2.05. The van der Waals surface area contributed by atoms with Crippen molar-refractivity contribution in [3.63, 3.8) is 0 Å². The monoisotopic (exact) mass is 337 g/mol. The molecule has 1 aromatic rings. The van der Waals surface area contributed by atoms with Crippen LogP contribution < -0.4 is 0 Å². The topological polar surface area (TPSA) is 68.5 Å². The zero-order valence-electron chi connectivity index (χ0n) is 8.77. The highest BCUT2D eigenvalue weighted by atomic mass is 127. The van der Waals surface area contributed by atoms with E-state index in [0.29, 0.717) is 13.2 Å². The molecule has 0 amide bonds. The molecule has 0 atom stereocenters. The fourth-order valence-electron chi connectivity index (χ4n) is 1.28. The zero-order chi connectivity index (χ0) is 12.1. The summed E-state index contributed by atoms with van der Waals surface area (Å²) in [6.45, 7) is 2.40. The lowest BCUT2D eigenvalue weighted by molar-refractivity contribution is -0.143. The molecule has 1 aromatic heterocycles. The Labute approximate surface area is 107 Å². The molecule has 1 rings (SSSR count). The molecular weight excluding hydrogens is 325 g/mol. The number of carbonyl (C=O) groups excluding carboxylic acids is 1. The Morgan fingerprint density at radius 1 is 1.56 bits per heavy atom. The van der Waals surface area contributed by atoms with Crippen molar-refractivity contribution in [3.8, 4) is 0 Å². The van der Waals surface area contributed by atoms with Crippen LogP contribution in [-0.4, -0.2) is 28.2 Å². The van der Waals surface area contributed by atoms with Crippen molar-refractivity contribution in [3.05, 3.63) is 21.5 Å². The zero-order valence-corrected chi connectivity index (χ0v) is 10.9. The summed E-state index contributed by atoms with van der Waals surface area (Å²) in [5.74, 6) is -1.31. The van der Waals surface area contributed by atoms with E-state index in [9.17, 15) is 9.59 Å². The first kappa shape index (κ1) is 13.0. The van der Waals surface area contributed by atoms with Gasteiger partial charge in [0.2, 0.25) is 0 Å². The molecule has 0 bridgehead atoms. The van der Waals surface area contributed by atoms with Crippen LogP contribution in [0.4, 0.5) is 0 Å². The van der Waals surface area contributed by atoms with Crippen LogP contribution in [0.25, 0.3) is 0 Å². The summed E-state index contributed by atoms with van der Waals surface area (Å²) >= 11 is 2.03. The molecule has 0 aliphatic heterocycles. The average molecular weight is 337 g/mol. The molecule has 88 valence electrons. The van der Waals surface area contributed by atoms with Crippen LogP contribution in [0.3, 0.4) is 0 Å². The number of carboxylic acid groups (broad SMARTS) is 1. The Hall–Kier alpha value is -1.05. The maximum atomic E-state index is 11.1. The third kappa shape index (κ3) is 3.51. The minimum Gasteiger partial charge on any atom is -0.477 e. The van der Waals surface area contributed by atoms with Gasteiger partial charge in [-0.15, -0.1) is 0 Å². The number of aryl methyl sites for hydroxylation is 1. The number of rotatable bonds is 5. The van der Waals surface area contributed by atoms with E-state index >= 15 is 0 Å². The molecular formula is C10H12INO4. The molecule has 0 spiro atoms. The van der Waals surface area contributed by atoms with Crippen LogP contribution in [-0.2, 0) is 16.1 Å². The van der Waals surface area contributed by atoms with Crippen molar-refractivity contribution in [2.75, 3.05) is 6.61 Å². The first-order valence-corrected chi connectivity index (χ1v) is 5.87. The van der Waals surface area contributed by atoms with Gasteiger partial charge in [-0.05, 0) is 35.6 Å². The van der Waals surface area contributed by atoms with Gasteiger partial charge in [0.15, 0.2) is 0 Å². The second-order valence-corrected chi connectivity index (χ2v) is 4.34. The first-order valence-electron chi connectivity index (χ1n) is 4.79. The molecule has 5 nitrogen and oxygen atoms in total. The van der Waals surface area contributed by atoms with Crippen molar-refractivity contribution < 1.29 is 19.4 Å². The lowest BCUT2D eigenvalue weighted by atomic mass is 10.4. The van der Waals surface area contributed by atoms with Crippen LogP contribution in [0, 0.1) is 3.57 Å². The number of nitrogens with zero attached hydrogens (tertiary/aromatic N) is 1. The molecule has 0 fully saturated rings. The van der Waals surface area contributed by atoms with E-state index in [0.717, 1.165) is 3.57 Å². The molecule has 1 N–H and O–H groups in total. The van der Waals surface area contributed by atoms with Crippen molar-refractivity contribution in [2.45, 2.75) is 19.9 Å². The molecule has 0 aliphatic rings. The van der Waals surface area contributed by atoms with Crippen LogP contribution in [0.2, 0.25) is 0 Å². The van der Waals surface area contributed by atoms with E-state index in [4.69, 9.17) is 9.84 Å². The van der Waals surface area contributed by atoms with Gasteiger partial charge in [-0.3, -0.25) is 4.79 Å². The quantitative estimate of drug-likeness (QED) is 0.657. The van der Waals surface area contributed by atoms with E-state index in [-0.39, 0.29) is 18.1 Å². The van der Waals surface area contributed by atoms with Crippen molar-refractivity contribution in [1.82, 2.24) is 4.57 Å². The SMILES string of the molecule is CCOC(=O)CCn1cc(I)cc1C(=O)O. The highest BCUT2D eigenvalue weighted by Gasteiger charge is 2.12. The summed E-state index contributed by atoms with van der Waals surface area (Å²) in [6, 6.07) is 1.56. The smallest absolute Gasteiger partial charge is 0.352 e. The molecule has 0 radical (unpaired) electrons. The predicted molar refractivity (Wildman–Crippen MR) is 65.4 cm³/mol. The first-order chi connectivity index (χ1) is 7.54. The van der Waals surface area contributed by atoms with E-state index in [2.05, 4.69) is 0 Å². The summed E-state index contributed by atoms with van der Waals surface area (Å²) < 4.78 is 7.14. The summed E-state index contributed by atoms with van der Waals surface area (Å²) in [6.07, 6.45) is 1.88. The maximum Gasteiger partial charge on any atom is 0.352 e. The number of hydrogen-bond donors (Lipinski definition) is 1. The van der Waals surface area contributed by atoms with Gasteiger partial charge in [-0.2, -0.15) is 0 Å². The van der Waals surface area contributed by atoms with Gasteiger partial charge >= 0.3 is 11.9 Å². The van der Waals surface area contributed by atoms with Crippen molar-refractivity contribution in [2.24, 2.45) is 0 Å². The third-order valence-corrected chi connectivity index (χ3v) is 2.53. The molecule has 1 heterocycles. The average Bonchev–Trinajstić information content (AvgIpc) is 2.57. The number of esters is 1. The van der Waals surface area contributed by atoms with Gasteiger partial charge in [0, 0.05) is 16.3 Å². The predicted octanol–water partition coefficient (Wildman–Crippen LogP) is 1.74. The Balaban J connectivity index is 2.66. The third-order valence-electron chi connectivity index (χ3n) is 1.94. The Kier molecular flexibility index (Phi) is 4.78. The molecule has 0 saturated carbocycles. The maximum absolute atomic E-state index is 11.1. The van der Waals surface area contributed by atoms with Gasteiger partial charge in [-0.1, -0.05) is 0 Å². The molecule has 0 aliphatic carbocycles. The number of halogens is 1. The van der Waals surface area contributed by atoms with E-state index in [1.165, 1.54) is 0 Å². The Morgan fingerprint density at radius 2 is 2.25 bits per heavy atom. The summed E-state index contributed by atoms with van der Waals surface area (Å²) in [5.41, 5.74) is 0.189. The fourth-order valence-corrected chi connectivity index (χ4v) is 1.91. The van der Waals surface area contributed by atoms with E-state index in [1.807, 2.05) is 22.6 Å². The largest absolute Gasteiger partial charge is 0.477 e. The second-order valence-electron chi connectivity index (χ2n) is 3.10. The number of carboxylic acids is 1. The van der Waals surface area contributed by atoms with Gasteiger partial charge in [-0.25, -0.2) is 4.79 Å². The van der Waals surface area contributed by atoms with Crippen LogP contribution in [0.15, 0.2) is 12.3 Å². The van der Waals surface area contributed by atoms with E-state index in [1.54, 1.807) is 23.8 Å². The minimum atomic E-state index is -0.994. The number of carbonyl (C=O) groups is 2. The fraction of sp³-hybridized carbons (Fsp3) is 0.400.